The van der Waals surface area contributed by atoms with Gasteiger partial charge in [-0.15, -0.1) is 0 Å². The van der Waals surface area contributed by atoms with Gasteiger partial charge in [0.05, 0.1) is 0 Å². The number of nitrogens with zero attached hydrogens (tertiary/aromatic N) is 1. The Morgan fingerprint density at radius 2 is 1.84 bits per heavy atom. The summed E-state index contributed by atoms with van der Waals surface area (Å²) in [7, 11) is 0. The molecule has 0 unspecified atom stereocenters. The first-order valence-corrected chi connectivity index (χ1v) is 8.86. The summed E-state index contributed by atoms with van der Waals surface area (Å²) in [5.41, 5.74) is 3.39. The van der Waals surface area contributed by atoms with Gasteiger partial charge in [-0.2, -0.15) is 0 Å². The van der Waals surface area contributed by atoms with Crippen molar-refractivity contribution in [2.75, 3.05) is 5.32 Å². The molecular weight excluding hydrogens is 330 g/mol. The highest BCUT2D eigenvalue weighted by atomic mass is 32.1. The number of carbonyl (C=O) groups excluding carboxylic acids is 1. The van der Waals surface area contributed by atoms with Gasteiger partial charge in [-0.05, 0) is 54.9 Å². The fourth-order valence-corrected chi connectivity index (χ4v) is 2.96. The molecule has 25 heavy (non-hydrogen) atoms. The highest BCUT2D eigenvalue weighted by molar-refractivity contribution is 7.71. The first-order valence-electron chi connectivity index (χ1n) is 8.45. The number of benzene rings is 2. The van der Waals surface area contributed by atoms with Crippen LogP contribution in [0.25, 0.3) is 5.69 Å². The molecule has 4 nitrogen and oxygen atoms in total. The predicted octanol–water partition coefficient (Wildman–Crippen LogP) is 5.13. The number of aryl methyl sites for hydroxylation is 1. The Balaban J connectivity index is 1.79. The van der Waals surface area contributed by atoms with E-state index in [9.17, 15) is 4.79 Å². The zero-order chi connectivity index (χ0) is 17.6. The third-order valence-corrected chi connectivity index (χ3v) is 4.35. The van der Waals surface area contributed by atoms with Gasteiger partial charge in [0.25, 0.3) is 5.91 Å². The largest absolute Gasteiger partial charge is 0.336 e. The van der Waals surface area contributed by atoms with E-state index in [0.717, 1.165) is 17.8 Å². The Labute approximate surface area is 152 Å². The van der Waals surface area contributed by atoms with Crippen LogP contribution in [-0.2, 0) is 6.42 Å². The van der Waals surface area contributed by atoms with Gasteiger partial charge in [-0.25, -0.2) is 0 Å². The number of H-pyrrole nitrogens is 1. The Kier molecular flexibility index (Phi) is 5.46. The smallest absolute Gasteiger partial charge is 0.274 e. The number of nitrogens with one attached hydrogen (secondary N) is 2. The molecule has 0 radical (unpaired) electrons. The third-order valence-electron chi connectivity index (χ3n) is 4.05. The first kappa shape index (κ1) is 17.2. The molecule has 0 atom stereocenters. The Morgan fingerprint density at radius 3 is 2.52 bits per heavy atom. The summed E-state index contributed by atoms with van der Waals surface area (Å²) in [5, 5.41) is 2.94. The van der Waals surface area contributed by atoms with Crippen LogP contribution >= 0.6 is 12.2 Å². The number of anilines is 1. The average Bonchev–Trinajstić information content (AvgIpc) is 3.03. The molecule has 0 fully saturated rings. The predicted molar refractivity (Wildman–Crippen MR) is 104 cm³/mol. The lowest BCUT2D eigenvalue weighted by atomic mass is 10.1. The van der Waals surface area contributed by atoms with E-state index >= 15 is 0 Å². The number of carbonyl (C=O) groups is 1. The van der Waals surface area contributed by atoms with Crippen LogP contribution in [-0.4, -0.2) is 15.5 Å². The molecule has 3 rings (SSSR count). The molecular formula is C20H21N3OS. The molecule has 1 heterocycles. The lowest BCUT2D eigenvalue weighted by Gasteiger charge is -2.09. The number of aromatic amines is 1. The van der Waals surface area contributed by atoms with E-state index in [2.05, 4.69) is 29.4 Å². The minimum Gasteiger partial charge on any atom is -0.336 e. The molecule has 1 amide bonds. The second-order valence-corrected chi connectivity index (χ2v) is 6.29. The summed E-state index contributed by atoms with van der Waals surface area (Å²) in [5.74, 6) is -0.197. The number of imidazole rings is 1. The fraction of sp³-hybridized carbons (Fsp3) is 0.200. The third kappa shape index (κ3) is 4.06. The second-order valence-electron chi connectivity index (χ2n) is 5.90. The molecule has 0 aliphatic carbocycles. The van der Waals surface area contributed by atoms with Crippen molar-refractivity contribution < 1.29 is 4.79 Å². The van der Waals surface area contributed by atoms with Crippen LogP contribution in [0.3, 0.4) is 0 Å². The van der Waals surface area contributed by atoms with Gasteiger partial charge in [0, 0.05) is 17.6 Å². The van der Waals surface area contributed by atoms with Crippen LogP contribution in [0.5, 0.6) is 0 Å². The molecule has 1 aromatic heterocycles. The molecule has 5 heteroatoms. The van der Waals surface area contributed by atoms with Crippen LogP contribution in [0.15, 0.2) is 60.8 Å². The maximum absolute atomic E-state index is 12.7. The molecule has 2 N–H and O–H groups in total. The Bertz CT molecular complexity index is 895. The van der Waals surface area contributed by atoms with Crippen molar-refractivity contribution in [2.45, 2.75) is 26.2 Å². The number of unbranched alkanes of at least 4 members (excludes halogenated alkanes) is 1. The van der Waals surface area contributed by atoms with E-state index in [1.54, 1.807) is 10.8 Å². The first-order chi connectivity index (χ1) is 12.2. The number of amides is 1. The maximum atomic E-state index is 12.7. The maximum Gasteiger partial charge on any atom is 0.274 e. The summed E-state index contributed by atoms with van der Waals surface area (Å²) < 4.78 is 2.23. The van der Waals surface area contributed by atoms with E-state index in [1.807, 2.05) is 42.5 Å². The molecule has 0 saturated heterocycles. The summed E-state index contributed by atoms with van der Waals surface area (Å²) in [6.45, 7) is 2.18. The highest BCUT2D eigenvalue weighted by Gasteiger charge is 2.14. The normalized spacial score (nSPS) is 10.6. The number of aromatic nitrogens is 2. The topological polar surface area (TPSA) is 49.8 Å². The zero-order valence-electron chi connectivity index (χ0n) is 14.2. The van der Waals surface area contributed by atoms with Crippen molar-refractivity contribution in [3.63, 3.8) is 0 Å². The van der Waals surface area contributed by atoms with Gasteiger partial charge >= 0.3 is 0 Å². The van der Waals surface area contributed by atoms with Crippen LogP contribution in [0.2, 0.25) is 0 Å². The molecule has 128 valence electrons. The van der Waals surface area contributed by atoms with Crippen LogP contribution in [0, 0.1) is 4.77 Å². The van der Waals surface area contributed by atoms with Crippen molar-refractivity contribution in [3.8, 4) is 5.69 Å². The van der Waals surface area contributed by atoms with Gasteiger partial charge in [-0.1, -0.05) is 43.7 Å². The molecule has 0 aliphatic rings. The summed E-state index contributed by atoms with van der Waals surface area (Å²) in [6, 6.07) is 17.6. The molecule has 2 aromatic carbocycles. The van der Waals surface area contributed by atoms with Gasteiger partial charge in [0.15, 0.2) is 4.77 Å². The molecule has 0 aliphatic heterocycles. The number of para-hydroxylation sites is 1. The number of hydrogen-bond donors (Lipinski definition) is 2. The quantitative estimate of drug-likeness (QED) is 0.605. The molecule has 0 saturated carbocycles. The lowest BCUT2D eigenvalue weighted by Crippen LogP contribution is -2.16. The summed E-state index contributed by atoms with van der Waals surface area (Å²) >= 11 is 5.32. The van der Waals surface area contributed by atoms with Crippen molar-refractivity contribution in [2.24, 2.45) is 0 Å². The number of hydrogen-bond acceptors (Lipinski definition) is 2. The number of rotatable bonds is 6. The SMILES string of the molecule is CCCCc1ccc(NC(=O)c2c[nH]c(=S)n2-c2ccccc2)cc1. The minimum atomic E-state index is -0.197. The van der Waals surface area contributed by atoms with Crippen molar-refractivity contribution in [1.29, 1.82) is 0 Å². The molecule has 0 bridgehead atoms. The van der Waals surface area contributed by atoms with Gasteiger partial charge < -0.3 is 10.3 Å². The fourth-order valence-electron chi connectivity index (χ4n) is 2.70. The van der Waals surface area contributed by atoms with Gasteiger partial charge in [0.1, 0.15) is 5.69 Å². The van der Waals surface area contributed by atoms with Crippen molar-refractivity contribution in [1.82, 2.24) is 9.55 Å². The monoisotopic (exact) mass is 351 g/mol. The van der Waals surface area contributed by atoms with Crippen LogP contribution < -0.4 is 5.32 Å². The lowest BCUT2D eigenvalue weighted by molar-refractivity contribution is 0.102. The standard InChI is InChI=1S/C20H21N3OS/c1-2-3-7-15-10-12-16(13-11-15)22-19(24)18-14-21-20(25)23(18)17-8-5-4-6-9-17/h4-6,8-14H,2-3,7H2,1H3,(H,21,25)(H,22,24). The van der Waals surface area contributed by atoms with E-state index < -0.39 is 0 Å². The molecule has 3 aromatic rings. The highest BCUT2D eigenvalue weighted by Crippen LogP contribution is 2.16. The summed E-state index contributed by atoms with van der Waals surface area (Å²) in [4.78, 5) is 15.6. The van der Waals surface area contributed by atoms with E-state index in [0.29, 0.717) is 10.5 Å². The Hall–Kier alpha value is -2.66. The minimum absolute atomic E-state index is 0.197. The van der Waals surface area contributed by atoms with Crippen molar-refractivity contribution >= 4 is 23.8 Å². The zero-order valence-corrected chi connectivity index (χ0v) is 15.0. The average molecular weight is 351 g/mol. The van der Waals surface area contributed by atoms with Crippen LogP contribution in [0.1, 0.15) is 35.8 Å². The van der Waals surface area contributed by atoms with Gasteiger partial charge in [-0.3, -0.25) is 9.36 Å². The van der Waals surface area contributed by atoms with Crippen LogP contribution in [0.4, 0.5) is 5.69 Å². The van der Waals surface area contributed by atoms with E-state index in [1.165, 1.54) is 18.4 Å². The second kappa shape index (κ2) is 7.94. The Morgan fingerprint density at radius 1 is 1.12 bits per heavy atom. The van der Waals surface area contributed by atoms with Gasteiger partial charge in [0.2, 0.25) is 0 Å². The van der Waals surface area contributed by atoms with E-state index in [-0.39, 0.29) is 5.91 Å². The van der Waals surface area contributed by atoms with E-state index in [4.69, 9.17) is 12.2 Å². The van der Waals surface area contributed by atoms with Crippen molar-refractivity contribution in [3.05, 3.63) is 76.8 Å². The molecule has 0 spiro atoms. The summed E-state index contributed by atoms with van der Waals surface area (Å²) in [6.07, 6.45) is 5.05.